The van der Waals surface area contributed by atoms with Crippen molar-refractivity contribution >= 4 is 17.6 Å². The molecule has 0 spiro atoms. The number of carboxylic acids is 1. The van der Waals surface area contributed by atoms with Gasteiger partial charge in [0.25, 0.3) is 5.91 Å². The molecule has 18 heavy (non-hydrogen) atoms. The van der Waals surface area contributed by atoms with E-state index in [1.807, 2.05) is 6.92 Å². The fourth-order valence-corrected chi connectivity index (χ4v) is 1.80. The summed E-state index contributed by atoms with van der Waals surface area (Å²) < 4.78 is 0. The zero-order chi connectivity index (χ0) is 13.9. The number of anilines is 1. The largest absolute Gasteiger partial charge is 0.480 e. The van der Waals surface area contributed by atoms with Crippen LogP contribution in [0.25, 0.3) is 0 Å². The lowest BCUT2D eigenvalue weighted by Crippen LogP contribution is -2.42. The third kappa shape index (κ3) is 2.80. The summed E-state index contributed by atoms with van der Waals surface area (Å²) in [5, 5.41) is 9.04. The molecule has 0 aliphatic carbocycles. The Balaban J connectivity index is 3.06. The lowest BCUT2D eigenvalue weighted by molar-refractivity contribution is -0.142. The topological polar surface area (TPSA) is 83.6 Å². The highest BCUT2D eigenvalue weighted by atomic mass is 16.4. The summed E-state index contributed by atoms with van der Waals surface area (Å²) in [5.41, 5.74) is 7.36. The van der Waals surface area contributed by atoms with E-state index < -0.39 is 12.0 Å². The first-order chi connectivity index (χ1) is 8.38. The van der Waals surface area contributed by atoms with Crippen molar-refractivity contribution in [2.24, 2.45) is 0 Å². The molecular formula is C13H18N2O3. The highest BCUT2D eigenvalue weighted by molar-refractivity contribution is 6.00. The minimum absolute atomic E-state index is 0.345. The number of aryl methyl sites for hydroxylation is 1. The zero-order valence-corrected chi connectivity index (χ0v) is 10.8. The van der Waals surface area contributed by atoms with E-state index in [2.05, 4.69) is 0 Å². The van der Waals surface area contributed by atoms with Crippen molar-refractivity contribution in [2.45, 2.75) is 26.3 Å². The molecule has 0 aliphatic rings. The van der Waals surface area contributed by atoms with Crippen LogP contribution in [0.5, 0.6) is 0 Å². The number of hydrogen-bond donors (Lipinski definition) is 2. The molecule has 0 bridgehead atoms. The van der Waals surface area contributed by atoms with Crippen molar-refractivity contribution in [1.82, 2.24) is 4.90 Å². The number of nitrogens with two attached hydrogens (primary N) is 1. The second-order valence-electron chi connectivity index (χ2n) is 4.27. The van der Waals surface area contributed by atoms with Gasteiger partial charge in [-0.3, -0.25) is 4.79 Å². The van der Waals surface area contributed by atoms with Gasteiger partial charge in [-0.25, -0.2) is 4.79 Å². The van der Waals surface area contributed by atoms with Crippen molar-refractivity contribution < 1.29 is 14.7 Å². The van der Waals surface area contributed by atoms with Gasteiger partial charge in [0.15, 0.2) is 0 Å². The van der Waals surface area contributed by atoms with E-state index in [-0.39, 0.29) is 5.91 Å². The Labute approximate surface area is 106 Å². The SMILES string of the molecule is CCC(C(=O)O)N(C)C(=O)c1cc(C)ccc1N. The van der Waals surface area contributed by atoms with Crippen LogP contribution in [0.2, 0.25) is 0 Å². The van der Waals surface area contributed by atoms with Gasteiger partial charge < -0.3 is 15.7 Å². The summed E-state index contributed by atoms with van der Waals surface area (Å²) in [6, 6.07) is 4.29. The Morgan fingerprint density at radius 1 is 1.44 bits per heavy atom. The predicted molar refractivity (Wildman–Crippen MR) is 69.4 cm³/mol. The number of nitrogen functional groups attached to an aromatic ring is 1. The van der Waals surface area contributed by atoms with Gasteiger partial charge in [-0.2, -0.15) is 0 Å². The van der Waals surface area contributed by atoms with Crippen LogP contribution in [0.4, 0.5) is 5.69 Å². The monoisotopic (exact) mass is 250 g/mol. The molecule has 0 saturated heterocycles. The molecule has 5 nitrogen and oxygen atoms in total. The lowest BCUT2D eigenvalue weighted by Gasteiger charge is -2.24. The number of carboxylic acid groups (broad SMARTS) is 1. The number of hydrogen-bond acceptors (Lipinski definition) is 3. The van der Waals surface area contributed by atoms with Crippen molar-refractivity contribution in [3.05, 3.63) is 29.3 Å². The van der Waals surface area contributed by atoms with Gasteiger partial charge in [-0.15, -0.1) is 0 Å². The molecule has 5 heteroatoms. The number of amides is 1. The Morgan fingerprint density at radius 2 is 2.06 bits per heavy atom. The molecule has 0 radical (unpaired) electrons. The standard InChI is InChI=1S/C13H18N2O3/c1-4-11(13(17)18)15(3)12(16)9-7-8(2)5-6-10(9)14/h5-7,11H,4,14H2,1-3H3,(H,17,18). The molecule has 1 rings (SSSR count). The van der Waals surface area contributed by atoms with Crippen LogP contribution in [-0.4, -0.2) is 35.0 Å². The molecule has 1 unspecified atom stereocenters. The van der Waals surface area contributed by atoms with Gasteiger partial charge >= 0.3 is 5.97 Å². The normalized spacial score (nSPS) is 11.9. The van der Waals surface area contributed by atoms with Crippen molar-refractivity contribution in [3.63, 3.8) is 0 Å². The van der Waals surface area contributed by atoms with Crippen LogP contribution in [0.3, 0.4) is 0 Å². The molecule has 0 aliphatic heterocycles. The van der Waals surface area contributed by atoms with Crippen molar-refractivity contribution in [3.8, 4) is 0 Å². The van der Waals surface area contributed by atoms with Gasteiger partial charge in [0.05, 0.1) is 5.56 Å². The maximum Gasteiger partial charge on any atom is 0.326 e. The second kappa shape index (κ2) is 5.53. The minimum atomic E-state index is -1.01. The summed E-state index contributed by atoms with van der Waals surface area (Å²) in [7, 11) is 1.48. The summed E-state index contributed by atoms with van der Waals surface area (Å²) in [6.45, 7) is 3.58. The molecule has 0 heterocycles. The Bertz CT molecular complexity index is 471. The summed E-state index contributed by atoms with van der Waals surface area (Å²) >= 11 is 0. The number of aliphatic carboxylic acids is 1. The van der Waals surface area contributed by atoms with Crippen LogP contribution >= 0.6 is 0 Å². The van der Waals surface area contributed by atoms with Crippen LogP contribution in [-0.2, 0) is 4.79 Å². The number of rotatable bonds is 4. The molecule has 1 atom stereocenters. The first-order valence-electron chi connectivity index (χ1n) is 5.74. The predicted octanol–water partition coefficient (Wildman–Crippen LogP) is 1.51. The average molecular weight is 250 g/mol. The van der Waals surface area contributed by atoms with Crippen LogP contribution in [0.15, 0.2) is 18.2 Å². The third-order valence-corrected chi connectivity index (χ3v) is 2.90. The number of likely N-dealkylation sites (N-methyl/N-ethyl adjacent to an activating group) is 1. The van der Waals surface area contributed by atoms with E-state index in [0.717, 1.165) is 5.56 Å². The van der Waals surface area contributed by atoms with Crippen LogP contribution < -0.4 is 5.73 Å². The van der Waals surface area contributed by atoms with Gasteiger partial charge in [0, 0.05) is 12.7 Å². The summed E-state index contributed by atoms with van der Waals surface area (Å²) in [5.74, 6) is -1.38. The first-order valence-corrected chi connectivity index (χ1v) is 5.74. The molecule has 98 valence electrons. The van der Waals surface area contributed by atoms with Crippen LogP contribution in [0, 0.1) is 6.92 Å². The van der Waals surface area contributed by atoms with E-state index in [9.17, 15) is 9.59 Å². The molecular weight excluding hydrogens is 232 g/mol. The van der Waals surface area contributed by atoms with E-state index in [1.165, 1.54) is 11.9 Å². The minimum Gasteiger partial charge on any atom is -0.480 e. The molecule has 0 fully saturated rings. The maximum atomic E-state index is 12.2. The number of nitrogens with zero attached hydrogens (tertiary/aromatic N) is 1. The summed E-state index contributed by atoms with van der Waals surface area (Å²) in [6.07, 6.45) is 0.350. The maximum absolute atomic E-state index is 12.2. The molecule has 1 aromatic carbocycles. The third-order valence-electron chi connectivity index (χ3n) is 2.90. The lowest BCUT2D eigenvalue weighted by atomic mass is 10.1. The molecule has 0 saturated carbocycles. The van der Waals surface area contributed by atoms with Gasteiger partial charge in [-0.05, 0) is 25.5 Å². The molecule has 1 aromatic rings. The van der Waals surface area contributed by atoms with E-state index in [1.54, 1.807) is 25.1 Å². The first kappa shape index (κ1) is 14.0. The van der Waals surface area contributed by atoms with Gasteiger partial charge in [0.2, 0.25) is 0 Å². The smallest absolute Gasteiger partial charge is 0.326 e. The van der Waals surface area contributed by atoms with Gasteiger partial charge in [-0.1, -0.05) is 18.6 Å². The number of carbonyl (C=O) groups is 2. The van der Waals surface area contributed by atoms with E-state index in [4.69, 9.17) is 10.8 Å². The van der Waals surface area contributed by atoms with E-state index >= 15 is 0 Å². The quantitative estimate of drug-likeness (QED) is 0.793. The highest BCUT2D eigenvalue weighted by Gasteiger charge is 2.26. The van der Waals surface area contributed by atoms with Crippen molar-refractivity contribution in [1.29, 1.82) is 0 Å². The Kier molecular flexibility index (Phi) is 4.31. The molecule has 3 N–H and O–H groups in total. The second-order valence-corrected chi connectivity index (χ2v) is 4.27. The van der Waals surface area contributed by atoms with Crippen LogP contribution in [0.1, 0.15) is 29.3 Å². The highest BCUT2D eigenvalue weighted by Crippen LogP contribution is 2.17. The fraction of sp³-hybridized carbons (Fsp3) is 0.385. The van der Waals surface area contributed by atoms with Gasteiger partial charge in [0.1, 0.15) is 6.04 Å². The average Bonchev–Trinajstić information content (AvgIpc) is 2.31. The molecule has 0 aromatic heterocycles. The van der Waals surface area contributed by atoms with E-state index in [0.29, 0.717) is 17.7 Å². The Morgan fingerprint density at radius 3 is 2.56 bits per heavy atom. The molecule has 1 amide bonds. The fourth-order valence-electron chi connectivity index (χ4n) is 1.80. The number of carbonyl (C=O) groups excluding carboxylic acids is 1. The van der Waals surface area contributed by atoms with Crippen molar-refractivity contribution in [2.75, 3.05) is 12.8 Å². The number of benzene rings is 1. The Hall–Kier alpha value is -2.04. The zero-order valence-electron chi connectivity index (χ0n) is 10.8. The summed E-state index contributed by atoms with van der Waals surface area (Å²) in [4.78, 5) is 24.5.